The van der Waals surface area contributed by atoms with Gasteiger partial charge >= 0.3 is 0 Å². The number of benzene rings is 2. The first-order valence-corrected chi connectivity index (χ1v) is 9.85. The maximum Gasteiger partial charge on any atom is 0.235 e. The lowest BCUT2D eigenvalue weighted by atomic mass is 10.1. The zero-order valence-corrected chi connectivity index (χ0v) is 16.5. The standard InChI is InChI=1S/C22H22ClNO4/c1-14-21(28-16-7-5-15(23)6-8-16)20(26)17-9-10-19(25)18(22(17)27-14)13-24-11-3-2-4-12-24/h5-10,25H,2-4,11-13H2,1H3. The molecule has 0 amide bonds. The summed E-state index contributed by atoms with van der Waals surface area (Å²) in [7, 11) is 0. The van der Waals surface area contributed by atoms with Crippen LogP contribution in [0.4, 0.5) is 0 Å². The van der Waals surface area contributed by atoms with Crippen LogP contribution in [0, 0.1) is 6.92 Å². The number of likely N-dealkylation sites (tertiary alicyclic amines) is 1. The number of hydrogen-bond donors (Lipinski definition) is 1. The Balaban J connectivity index is 1.75. The lowest BCUT2D eigenvalue weighted by molar-refractivity contribution is 0.218. The molecule has 2 aromatic carbocycles. The van der Waals surface area contributed by atoms with Crippen molar-refractivity contribution in [1.82, 2.24) is 4.90 Å². The van der Waals surface area contributed by atoms with E-state index in [0.717, 1.165) is 25.9 Å². The molecule has 28 heavy (non-hydrogen) atoms. The van der Waals surface area contributed by atoms with E-state index in [4.69, 9.17) is 20.8 Å². The number of aryl methyl sites for hydroxylation is 1. The maximum absolute atomic E-state index is 13.1. The summed E-state index contributed by atoms with van der Waals surface area (Å²) in [6.07, 6.45) is 3.53. The van der Waals surface area contributed by atoms with Crippen LogP contribution in [-0.4, -0.2) is 23.1 Å². The monoisotopic (exact) mass is 399 g/mol. The van der Waals surface area contributed by atoms with Crippen LogP contribution in [0.15, 0.2) is 45.6 Å². The summed E-state index contributed by atoms with van der Waals surface area (Å²) in [4.78, 5) is 15.4. The second-order valence-electron chi connectivity index (χ2n) is 7.15. The number of nitrogens with zero attached hydrogens (tertiary/aromatic N) is 1. The second kappa shape index (κ2) is 7.86. The van der Waals surface area contributed by atoms with Crippen molar-refractivity contribution in [1.29, 1.82) is 0 Å². The number of aromatic hydroxyl groups is 1. The van der Waals surface area contributed by atoms with Crippen molar-refractivity contribution < 1.29 is 14.3 Å². The number of ether oxygens (including phenoxy) is 1. The molecule has 2 heterocycles. The van der Waals surface area contributed by atoms with E-state index in [0.29, 0.717) is 39.6 Å². The zero-order valence-electron chi connectivity index (χ0n) is 15.7. The average Bonchev–Trinajstić information content (AvgIpc) is 2.70. The van der Waals surface area contributed by atoms with E-state index in [1.54, 1.807) is 43.3 Å². The zero-order chi connectivity index (χ0) is 19.7. The molecule has 3 aromatic rings. The van der Waals surface area contributed by atoms with Crippen LogP contribution in [0.2, 0.25) is 5.02 Å². The molecule has 0 atom stereocenters. The van der Waals surface area contributed by atoms with Gasteiger partial charge in [-0.25, -0.2) is 0 Å². The fraction of sp³-hybridized carbons (Fsp3) is 0.318. The number of fused-ring (bicyclic) bond motifs is 1. The van der Waals surface area contributed by atoms with Crippen LogP contribution < -0.4 is 10.2 Å². The van der Waals surface area contributed by atoms with Gasteiger partial charge in [-0.2, -0.15) is 0 Å². The Morgan fingerprint density at radius 3 is 2.54 bits per heavy atom. The Labute approximate surface area is 168 Å². The molecule has 1 N–H and O–H groups in total. The summed E-state index contributed by atoms with van der Waals surface area (Å²) in [5.41, 5.74) is 0.822. The van der Waals surface area contributed by atoms with Gasteiger partial charge in [-0.1, -0.05) is 18.0 Å². The summed E-state index contributed by atoms with van der Waals surface area (Å²) < 4.78 is 11.8. The molecule has 1 saturated heterocycles. The highest BCUT2D eigenvalue weighted by molar-refractivity contribution is 6.30. The van der Waals surface area contributed by atoms with E-state index in [9.17, 15) is 9.90 Å². The molecule has 4 rings (SSSR count). The number of piperidine rings is 1. The first kappa shape index (κ1) is 18.8. The molecule has 0 spiro atoms. The quantitative estimate of drug-likeness (QED) is 0.650. The molecule has 6 heteroatoms. The van der Waals surface area contributed by atoms with Gasteiger partial charge in [0.15, 0.2) is 0 Å². The minimum atomic E-state index is -0.256. The lowest BCUT2D eigenvalue weighted by Crippen LogP contribution is -2.29. The highest BCUT2D eigenvalue weighted by atomic mass is 35.5. The van der Waals surface area contributed by atoms with E-state index < -0.39 is 0 Å². The van der Waals surface area contributed by atoms with Gasteiger partial charge in [0, 0.05) is 11.6 Å². The maximum atomic E-state index is 13.1. The first-order valence-electron chi connectivity index (χ1n) is 9.47. The van der Waals surface area contributed by atoms with Crippen LogP contribution in [0.25, 0.3) is 11.0 Å². The van der Waals surface area contributed by atoms with Crippen molar-refractivity contribution in [2.24, 2.45) is 0 Å². The summed E-state index contributed by atoms with van der Waals surface area (Å²) >= 11 is 5.90. The van der Waals surface area contributed by atoms with E-state index in [2.05, 4.69) is 4.90 Å². The lowest BCUT2D eigenvalue weighted by Gasteiger charge is -2.26. The molecule has 1 aromatic heterocycles. The third kappa shape index (κ3) is 3.73. The fourth-order valence-electron chi connectivity index (χ4n) is 3.63. The van der Waals surface area contributed by atoms with Gasteiger partial charge in [0.25, 0.3) is 0 Å². The molecule has 1 aliphatic rings. The van der Waals surface area contributed by atoms with Crippen LogP contribution in [0.3, 0.4) is 0 Å². The minimum absolute atomic E-state index is 0.143. The Kier molecular flexibility index (Phi) is 5.29. The van der Waals surface area contributed by atoms with Crippen LogP contribution in [-0.2, 0) is 6.54 Å². The van der Waals surface area contributed by atoms with Crippen molar-refractivity contribution in [2.75, 3.05) is 13.1 Å². The van der Waals surface area contributed by atoms with E-state index >= 15 is 0 Å². The predicted molar refractivity (Wildman–Crippen MR) is 110 cm³/mol. The largest absolute Gasteiger partial charge is 0.507 e. The highest BCUT2D eigenvalue weighted by Gasteiger charge is 2.20. The molecule has 146 valence electrons. The summed E-state index contributed by atoms with van der Waals surface area (Å²) in [5.74, 6) is 1.17. The first-order chi connectivity index (χ1) is 13.5. The summed E-state index contributed by atoms with van der Waals surface area (Å²) in [6, 6.07) is 9.94. The summed E-state index contributed by atoms with van der Waals surface area (Å²) in [6.45, 7) is 4.22. The molecule has 0 unspecified atom stereocenters. The number of phenolic OH excluding ortho intramolecular Hbond substituents is 1. The van der Waals surface area contributed by atoms with Gasteiger partial charge in [0.1, 0.15) is 22.8 Å². The second-order valence-corrected chi connectivity index (χ2v) is 7.59. The molecule has 0 saturated carbocycles. The molecule has 1 aliphatic heterocycles. The Morgan fingerprint density at radius 2 is 1.82 bits per heavy atom. The molecular formula is C22H22ClNO4. The SMILES string of the molecule is Cc1oc2c(CN3CCCCC3)c(O)ccc2c(=O)c1Oc1ccc(Cl)cc1. The predicted octanol–water partition coefficient (Wildman–Crippen LogP) is 5.24. The van der Waals surface area contributed by atoms with Gasteiger partial charge in [0.2, 0.25) is 11.2 Å². The Morgan fingerprint density at radius 1 is 1.11 bits per heavy atom. The number of rotatable bonds is 4. The van der Waals surface area contributed by atoms with E-state index in [1.807, 2.05) is 0 Å². The van der Waals surface area contributed by atoms with Gasteiger partial charge in [-0.3, -0.25) is 9.69 Å². The van der Waals surface area contributed by atoms with Gasteiger partial charge < -0.3 is 14.3 Å². The van der Waals surface area contributed by atoms with Crippen molar-refractivity contribution in [3.8, 4) is 17.2 Å². The Bertz CT molecular complexity index is 1050. The fourth-order valence-corrected chi connectivity index (χ4v) is 3.75. The van der Waals surface area contributed by atoms with Crippen molar-refractivity contribution in [2.45, 2.75) is 32.7 Å². The highest BCUT2D eigenvalue weighted by Crippen LogP contribution is 2.32. The van der Waals surface area contributed by atoms with Gasteiger partial charge in [0.05, 0.1) is 10.9 Å². The molecule has 0 bridgehead atoms. The molecule has 0 aliphatic carbocycles. The number of halogens is 1. The molecule has 1 fully saturated rings. The van der Waals surface area contributed by atoms with E-state index in [-0.39, 0.29) is 16.9 Å². The third-order valence-electron chi connectivity index (χ3n) is 5.13. The Hall–Kier alpha value is -2.50. The molecular weight excluding hydrogens is 378 g/mol. The molecule has 5 nitrogen and oxygen atoms in total. The van der Waals surface area contributed by atoms with Crippen molar-refractivity contribution in [3.63, 3.8) is 0 Å². The van der Waals surface area contributed by atoms with Crippen molar-refractivity contribution in [3.05, 3.63) is 63.0 Å². The normalized spacial score (nSPS) is 15.1. The summed E-state index contributed by atoms with van der Waals surface area (Å²) in [5, 5.41) is 11.4. The average molecular weight is 400 g/mol. The van der Waals surface area contributed by atoms with Gasteiger partial charge in [-0.15, -0.1) is 0 Å². The number of phenols is 1. The van der Waals surface area contributed by atoms with E-state index in [1.165, 1.54) is 6.42 Å². The minimum Gasteiger partial charge on any atom is -0.507 e. The van der Waals surface area contributed by atoms with Crippen molar-refractivity contribution >= 4 is 22.6 Å². The smallest absolute Gasteiger partial charge is 0.235 e. The van der Waals surface area contributed by atoms with Gasteiger partial charge in [-0.05, 0) is 69.3 Å². The topological polar surface area (TPSA) is 62.9 Å². The third-order valence-corrected chi connectivity index (χ3v) is 5.38. The van der Waals surface area contributed by atoms with Crippen LogP contribution >= 0.6 is 11.6 Å². The van der Waals surface area contributed by atoms with Crippen LogP contribution in [0.5, 0.6) is 17.2 Å². The van der Waals surface area contributed by atoms with Crippen LogP contribution in [0.1, 0.15) is 30.6 Å². The molecule has 0 radical (unpaired) electrons. The number of hydrogen-bond acceptors (Lipinski definition) is 5.